The van der Waals surface area contributed by atoms with Crippen molar-refractivity contribution in [2.24, 2.45) is 11.1 Å². The van der Waals surface area contributed by atoms with Gasteiger partial charge in [-0.15, -0.1) is 0 Å². The fraction of sp³-hybridized carbons (Fsp3) is 0.462. The molecule has 116 valence electrons. The molecule has 0 bridgehead atoms. The Balaban J connectivity index is 2.30. The maximum atomic E-state index is 14.2. The molecule has 0 aliphatic heterocycles. The first kappa shape index (κ1) is 16.2. The summed E-state index contributed by atoms with van der Waals surface area (Å²) in [5.41, 5.74) is -0.419. The number of amides is 1. The number of carbonyl (C=O) groups is 1. The second-order valence-electron chi connectivity index (χ2n) is 5.26. The van der Waals surface area contributed by atoms with Crippen LogP contribution in [0.25, 0.3) is 0 Å². The minimum Gasteiger partial charge on any atom is -0.349 e. The molecule has 8 heteroatoms. The van der Waals surface area contributed by atoms with E-state index in [4.69, 9.17) is 16.7 Å². The van der Waals surface area contributed by atoms with Crippen LogP contribution in [0.15, 0.2) is 17.0 Å². The maximum Gasteiger partial charge on any atom is 0.254 e. The monoisotopic (exact) mass is 334 g/mol. The zero-order chi connectivity index (χ0) is 15.8. The van der Waals surface area contributed by atoms with E-state index in [0.29, 0.717) is 5.92 Å². The molecular formula is C13H16ClFN2O3S. The second kappa shape index (κ2) is 5.90. The number of carbonyl (C=O) groups excluding carboxylic acids is 1. The molecule has 1 saturated carbocycles. The third-order valence-electron chi connectivity index (χ3n) is 3.77. The van der Waals surface area contributed by atoms with Gasteiger partial charge in [0.15, 0.2) is 5.82 Å². The molecule has 1 aliphatic rings. The number of benzene rings is 1. The number of nitrogens with two attached hydrogens (primary N) is 1. The number of hydrogen-bond donors (Lipinski definition) is 2. The standard InChI is InChI=1S/C13H16ClFN2O3S/c1-7(8-3-2-4-8)17-13(18)10-5-9(14)6-11(12(10)15)21(16,19)20/h5-8H,2-4H2,1H3,(H,17,18)(H2,16,19,20). The fourth-order valence-corrected chi connectivity index (χ4v) is 3.21. The topological polar surface area (TPSA) is 89.3 Å². The Hall–Kier alpha value is -1.18. The predicted molar refractivity (Wildman–Crippen MR) is 77.1 cm³/mol. The smallest absolute Gasteiger partial charge is 0.254 e. The van der Waals surface area contributed by atoms with Gasteiger partial charge in [-0.2, -0.15) is 0 Å². The van der Waals surface area contributed by atoms with Crippen molar-refractivity contribution in [2.75, 3.05) is 0 Å². The highest BCUT2D eigenvalue weighted by molar-refractivity contribution is 7.89. The Bertz CT molecular complexity index is 674. The lowest BCUT2D eigenvalue weighted by Crippen LogP contribution is -2.41. The van der Waals surface area contributed by atoms with Crippen LogP contribution in [-0.4, -0.2) is 20.4 Å². The van der Waals surface area contributed by atoms with E-state index in [-0.39, 0.29) is 11.1 Å². The van der Waals surface area contributed by atoms with Crippen LogP contribution in [0, 0.1) is 11.7 Å². The molecule has 0 aromatic heterocycles. The number of halogens is 2. The molecule has 1 atom stereocenters. The Kier molecular flexibility index (Phi) is 4.55. The highest BCUT2D eigenvalue weighted by Crippen LogP contribution is 2.30. The lowest BCUT2D eigenvalue weighted by Gasteiger charge is -2.31. The van der Waals surface area contributed by atoms with Crippen LogP contribution in [0.5, 0.6) is 0 Å². The summed E-state index contributed by atoms with van der Waals surface area (Å²) in [7, 11) is -4.29. The van der Waals surface area contributed by atoms with Gasteiger partial charge >= 0.3 is 0 Å². The Morgan fingerprint density at radius 2 is 2.10 bits per heavy atom. The molecule has 0 radical (unpaired) electrons. The summed E-state index contributed by atoms with van der Waals surface area (Å²) in [5, 5.41) is 7.52. The molecule has 5 nitrogen and oxygen atoms in total. The van der Waals surface area contributed by atoms with Crippen molar-refractivity contribution >= 4 is 27.5 Å². The molecule has 2 rings (SSSR count). The third-order valence-corrected chi connectivity index (χ3v) is 4.90. The van der Waals surface area contributed by atoms with Gasteiger partial charge in [-0.05, 0) is 37.8 Å². The predicted octanol–water partition coefficient (Wildman–Crippen LogP) is 2.04. The van der Waals surface area contributed by atoms with Crippen molar-refractivity contribution in [1.29, 1.82) is 0 Å². The first-order valence-electron chi connectivity index (χ1n) is 6.53. The summed E-state index contributed by atoms with van der Waals surface area (Å²) in [4.78, 5) is 11.3. The van der Waals surface area contributed by atoms with E-state index in [1.165, 1.54) is 0 Å². The van der Waals surface area contributed by atoms with Gasteiger partial charge in [0.1, 0.15) is 4.90 Å². The first-order chi connectivity index (χ1) is 9.70. The van der Waals surface area contributed by atoms with Crippen LogP contribution in [-0.2, 0) is 10.0 Å². The zero-order valence-corrected chi connectivity index (χ0v) is 13.0. The summed E-state index contributed by atoms with van der Waals surface area (Å²) in [6, 6.07) is 1.87. The number of nitrogens with one attached hydrogen (secondary N) is 1. The quantitative estimate of drug-likeness (QED) is 0.883. The normalized spacial score (nSPS) is 17.1. The fourth-order valence-electron chi connectivity index (χ4n) is 2.28. The van der Waals surface area contributed by atoms with Crippen molar-refractivity contribution in [1.82, 2.24) is 5.32 Å². The molecule has 1 amide bonds. The van der Waals surface area contributed by atoms with E-state index in [9.17, 15) is 17.6 Å². The minimum atomic E-state index is -4.29. The molecule has 0 heterocycles. The molecule has 1 aliphatic carbocycles. The summed E-state index contributed by atoms with van der Waals surface area (Å²) in [5.74, 6) is -1.51. The van der Waals surface area contributed by atoms with Gasteiger partial charge in [0, 0.05) is 11.1 Å². The van der Waals surface area contributed by atoms with E-state index < -0.39 is 32.2 Å². The number of rotatable bonds is 4. The van der Waals surface area contributed by atoms with Crippen molar-refractivity contribution in [3.8, 4) is 0 Å². The second-order valence-corrected chi connectivity index (χ2v) is 7.23. The summed E-state index contributed by atoms with van der Waals surface area (Å²) >= 11 is 5.74. The van der Waals surface area contributed by atoms with Gasteiger partial charge in [-0.25, -0.2) is 17.9 Å². The zero-order valence-electron chi connectivity index (χ0n) is 11.4. The van der Waals surface area contributed by atoms with Crippen molar-refractivity contribution < 1.29 is 17.6 Å². The van der Waals surface area contributed by atoms with E-state index in [0.717, 1.165) is 31.4 Å². The van der Waals surface area contributed by atoms with Gasteiger partial charge in [0.05, 0.1) is 5.56 Å². The van der Waals surface area contributed by atoms with E-state index in [2.05, 4.69) is 5.32 Å². The number of primary sulfonamides is 1. The molecule has 0 saturated heterocycles. The first-order valence-corrected chi connectivity index (χ1v) is 8.45. The third kappa shape index (κ3) is 3.53. The maximum absolute atomic E-state index is 14.2. The lowest BCUT2D eigenvalue weighted by molar-refractivity contribution is 0.0904. The van der Waals surface area contributed by atoms with Gasteiger partial charge in [0.2, 0.25) is 10.0 Å². The average molecular weight is 335 g/mol. The highest BCUT2D eigenvalue weighted by atomic mass is 35.5. The molecule has 1 unspecified atom stereocenters. The molecule has 1 aromatic rings. The van der Waals surface area contributed by atoms with Crippen LogP contribution < -0.4 is 10.5 Å². The van der Waals surface area contributed by atoms with Crippen LogP contribution in [0.4, 0.5) is 4.39 Å². The van der Waals surface area contributed by atoms with Gasteiger partial charge < -0.3 is 5.32 Å². The largest absolute Gasteiger partial charge is 0.349 e. The van der Waals surface area contributed by atoms with Gasteiger partial charge in [0.25, 0.3) is 5.91 Å². The Morgan fingerprint density at radius 3 is 2.57 bits per heavy atom. The van der Waals surface area contributed by atoms with Crippen molar-refractivity contribution in [3.05, 3.63) is 28.5 Å². The Morgan fingerprint density at radius 1 is 1.48 bits per heavy atom. The van der Waals surface area contributed by atoms with Crippen LogP contribution in [0.2, 0.25) is 5.02 Å². The summed E-state index contributed by atoms with van der Waals surface area (Å²) < 4.78 is 36.8. The van der Waals surface area contributed by atoms with E-state index >= 15 is 0 Å². The van der Waals surface area contributed by atoms with E-state index in [1.54, 1.807) is 0 Å². The molecule has 1 aromatic carbocycles. The van der Waals surface area contributed by atoms with Crippen molar-refractivity contribution in [2.45, 2.75) is 37.1 Å². The van der Waals surface area contributed by atoms with Crippen LogP contribution in [0.1, 0.15) is 36.5 Å². The number of hydrogen-bond acceptors (Lipinski definition) is 3. The molecule has 1 fully saturated rings. The Labute approximate surface area is 127 Å². The summed E-state index contributed by atoms with van der Waals surface area (Å²) in [6.07, 6.45) is 3.15. The SMILES string of the molecule is CC(NC(=O)c1cc(Cl)cc(S(N)(=O)=O)c1F)C1CCC1. The average Bonchev–Trinajstić information content (AvgIpc) is 2.27. The van der Waals surface area contributed by atoms with Crippen LogP contribution in [0.3, 0.4) is 0 Å². The molecular weight excluding hydrogens is 319 g/mol. The van der Waals surface area contributed by atoms with Gasteiger partial charge in [-0.1, -0.05) is 18.0 Å². The van der Waals surface area contributed by atoms with E-state index in [1.807, 2.05) is 6.92 Å². The van der Waals surface area contributed by atoms with Crippen molar-refractivity contribution in [3.63, 3.8) is 0 Å². The highest BCUT2D eigenvalue weighted by Gasteiger charge is 2.28. The van der Waals surface area contributed by atoms with Gasteiger partial charge in [-0.3, -0.25) is 4.79 Å². The molecule has 3 N–H and O–H groups in total. The molecule has 0 spiro atoms. The lowest BCUT2D eigenvalue weighted by atomic mass is 9.80. The number of sulfonamides is 1. The van der Waals surface area contributed by atoms with Crippen LogP contribution >= 0.6 is 11.6 Å². The molecule has 21 heavy (non-hydrogen) atoms. The summed E-state index contributed by atoms with van der Waals surface area (Å²) in [6.45, 7) is 1.84. The minimum absolute atomic E-state index is 0.0677.